The summed E-state index contributed by atoms with van der Waals surface area (Å²) in [6, 6.07) is 10.7. The summed E-state index contributed by atoms with van der Waals surface area (Å²) in [7, 11) is -2.57. The SMILES string of the molecule is CN(c1ccc(F)c(N([O-])O)c1)S(=O)(=O)c1ccccc1. The van der Waals surface area contributed by atoms with E-state index in [0.717, 1.165) is 16.4 Å². The Balaban J connectivity index is 2.45. The van der Waals surface area contributed by atoms with E-state index in [9.17, 15) is 18.0 Å². The third-order valence-corrected chi connectivity index (χ3v) is 4.70. The lowest BCUT2D eigenvalue weighted by atomic mass is 10.2. The molecule has 0 aromatic heterocycles. The largest absolute Gasteiger partial charge is 0.733 e. The van der Waals surface area contributed by atoms with Gasteiger partial charge in [-0.15, -0.1) is 0 Å². The van der Waals surface area contributed by atoms with E-state index < -0.39 is 26.8 Å². The molecule has 2 aromatic carbocycles. The average Bonchev–Trinajstić information content (AvgIpc) is 2.47. The maximum Gasteiger partial charge on any atom is 0.264 e. The fourth-order valence-electron chi connectivity index (χ4n) is 1.73. The van der Waals surface area contributed by atoms with E-state index in [4.69, 9.17) is 5.21 Å². The Morgan fingerprint density at radius 2 is 1.76 bits per heavy atom. The van der Waals surface area contributed by atoms with E-state index in [1.54, 1.807) is 18.2 Å². The molecule has 112 valence electrons. The monoisotopic (exact) mass is 311 g/mol. The smallest absolute Gasteiger partial charge is 0.264 e. The highest BCUT2D eigenvalue weighted by atomic mass is 32.2. The van der Waals surface area contributed by atoms with Crippen LogP contribution in [0, 0.1) is 11.0 Å². The molecule has 0 atom stereocenters. The van der Waals surface area contributed by atoms with Crippen molar-refractivity contribution < 1.29 is 18.0 Å². The van der Waals surface area contributed by atoms with Gasteiger partial charge in [0, 0.05) is 7.05 Å². The Bertz CT molecular complexity index is 735. The molecule has 2 rings (SSSR count). The van der Waals surface area contributed by atoms with Crippen LogP contribution in [0.4, 0.5) is 15.8 Å². The molecule has 0 heterocycles. The molecular weight excluding hydrogens is 299 g/mol. The molecule has 1 N–H and O–H groups in total. The molecule has 0 saturated carbocycles. The molecule has 2 aromatic rings. The standard InChI is InChI=1S/C13H12FN2O4S/c1-15(21(19,20)11-5-3-2-4-6-11)10-7-8-12(14)13(9-10)16(17)18/h2-9,17H,1H3/q-1. The first-order valence-corrected chi connectivity index (χ1v) is 7.27. The number of hydrogen-bond donors (Lipinski definition) is 1. The fourth-order valence-corrected chi connectivity index (χ4v) is 2.94. The molecule has 0 aliphatic rings. The van der Waals surface area contributed by atoms with E-state index in [-0.39, 0.29) is 10.6 Å². The van der Waals surface area contributed by atoms with Crippen molar-refractivity contribution in [3.05, 3.63) is 59.6 Å². The summed E-state index contributed by atoms with van der Waals surface area (Å²) in [6.45, 7) is 0. The molecular formula is C13H12FN2O4S-. The first-order valence-electron chi connectivity index (χ1n) is 5.83. The zero-order valence-electron chi connectivity index (χ0n) is 11.0. The summed E-state index contributed by atoms with van der Waals surface area (Å²) >= 11 is 0. The summed E-state index contributed by atoms with van der Waals surface area (Å²) in [5, 5.41) is 19.0. The number of sulfonamides is 1. The van der Waals surface area contributed by atoms with Crippen LogP contribution in [-0.2, 0) is 10.0 Å². The molecule has 0 fully saturated rings. The third kappa shape index (κ3) is 2.97. The van der Waals surface area contributed by atoms with Crippen LogP contribution < -0.4 is 9.53 Å². The van der Waals surface area contributed by atoms with Crippen LogP contribution in [0.5, 0.6) is 0 Å². The first-order chi connectivity index (χ1) is 9.84. The molecule has 0 amide bonds. The number of anilines is 2. The van der Waals surface area contributed by atoms with Gasteiger partial charge in [0.1, 0.15) is 5.82 Å². The molecule has 21 heavy (non-hydrogen) atoms. The molecule has 6 nitrogen and oxygen atoms in total. The average molecular weight is 311 g/mol. The summed E-state index contributed by atoms with van der Waals surface area (Å²) < 4.78 is 39.0. The van der Waals surface area contributed by atoms with Gasteiger partial charge in [0.2, 0.25) is 0 Å². The molecule has 8 heteroatoms. The van der Waals surface area contributed by atoms with Crippen molar-refractivity contribution >= 4 is 21.4 Å². The minimum atomic E-state index is -3.84. The third-order valence-electron chi connectivity index (χ3n) is 2.90. The Morgan fingerprint density at radius 3 is 2.33 bits per heavy atom. The van der Waals surface area contributed by atoms with Gasteiger partial charge < -0.3 is 10.4 Å². The van der Waals surface area contributed by atoms with E-state index in [1.165, 1.54) is 25.2 Å². The lowest BCUT2D eigenvalue weighted by Crippen LogP contribution is -2.26. The lowest BCUT2D eigenvalue weighted by Gasteiger charge is -2.25. The molecule has 0 spiro atoms. The van der Waals surface area contributed by atoms with Gasteiger partial charge in [0.05, 0.1) is 16.3 Å². The quantitative estimate of drug-likeness (QED) is 0.876. The van der Waals surface area contributed by atoms with E-state index in [2.05, 4.69) is 0 Å². The Hall–Kier alpha value is -2.16. The number of hydrogen-bond acceptors (Lipinski definition) is 5. The topological polar surface area (TPSA) is 83.9 Å². The predicted molar refractivity (Wildman–Crippen MR) is 76.1 cm³/mol. The van der Waals surface area contributed by atoms with Crippen molar-refractivity contribution in [2.24, 2.45) is 0 Å². The van der Waals surface area contributed by atoms with E-state index in [1.807, 2.05) is 0 Å². The van der Waals surface area contributed by atoms with Crippen LogP contribution in [0.2, 0.25) is 0 Å². The minimum Gasteiger partial charge on any atom is -0.733 e. The fraction of sp³-hybridized carbons (Fsp3) is 0.0769. The Kier molecular flexibility index (Phi) is 4.12. The Labute approximate surface area is 121 Å². The van der Waals surface area contributed by atoms with Crippen molar-refractivity contribution in [2.75, 3.05) is 16.6 Å². The van der Waals surface area contributed by atoms with Gasteiger partial charge in [-0.2, -0.15) is 0 Å². The van der Waals surface area contributed by atoms with Gasteiger partial charge in [-0.05, 0) is 30.3 Å². The molecule has 0 bridgehead atoms. The zero-order chi connectivity index (χ0) is 15.6. The van der Waals surface area contributed by atoms with Gasteiger partial charge in [-0.25, -0.2) is 12.8 Å². The molecule has 0 unspecified atom stereocenters. The van der Waals surface area contributed by atoms with Crippen LogP contribution in [0.1, 0.15) is 0 Å². The van der Waals surface area contributed by atoms with Gasteiger partial charge in [-0.1, -0.05) is 18.2 Å². The molecule has 0 aliphatic carbocycles. The summed E-state index contributed by atoms with van der Waals surface area (Å²) in [5.41, 5.74) is -0.618. The number of rotatable bonds is 4. The zero-order valence-corrected chi connectivity index (χ0v) is 11.8. The summed E-state index contributed by atoms with van der Waals surface area (Å²) in [4.78, 5) is 0.0568. The van der Waals surface area contributed by atoms with Crippen LogP contribution in [-0.4, -0.2) is 20.7 Å². The predicted octanol–water partition coefficient (Wildman–Crippen LogP) is 2.34. The molecule has 0 radical (unpaired) electrons. The molecule has 0 aliphatic heterocycles. The van der Waals surface area contributed by atoms with Crippen molar-refractivity contribution in [3.8, 4) is 0 Å². The Morgan fingerprint density at radius 1 is 1.14 bits per heavy atom. The highest BCUT2D eigenvalue weighted by Crippen LogP contribution is 2.27. The summed E-state index contributed by atoms with van der Waals surface area (Å²) in [6.07, 6.45) is 0. The van der Waals surface area contributed by atoms with Crippen molar-refractivity contribution in [1.82, 2.24) is 0 Å². The van der Waals surface area contributed by atoms with Crippen LogP contribution in [0.15, 0.2) is 53.4 Å². The molecule has 0 saturated heterocycles. The number of halogens is 1. The van der Waals surface area contributed by atoms with Gasteiger partial charge >= 0.3 is 0 Å². The van der Waals surface area contributed by atoms with Gasteiger partial charge in [0.25, 0.3) is 10.0 Å². The van der Waals surface area contributed by atoms with Crippen LogP contribution in [0.3, 0.4) is 0 Å². The van der Waals surface area contributed by atoms with E-state index in [0.29, 0.717) is 0 Å². The van der Waals surface area contributed by atoms with E-state index >= 15 is 0 Å². The summed E-state index contributed by atoms with van der Waals surface area (Å²) in [5.74, 6) is -0.957. The number of nitrogens with zero attached hydrogens (tertiary/aromatic N) is 2. The van der Waals surface area contributed by atoms with Crippen molar-refractivity contribution in [3.63, 3.8) is 0 Å². The maximum absolute atomic E-state index is 13.3. The number of benzene rings is 2. The second kappa shape index (κ2) is 5.68. The second-order valence-corrected chi connectivity index (χ2v) is 6.16. The van der Waals surface area contributed by atoms with Crippen LogP contribution >= 0.6 is 0 Å². The lowest BCUT2D eigenvalue weighted by molar-refractivity contribution is 0.292. The van der Waals surface area contributed by atoms with Crippen molar-refractivity contribution in [2.45, 2.75) is 4.90 Å². The second-order valence-electron chi connectivity index (χ2n) is 4.19. The highest BCUT2D eigenvalue weighted by molar-refractivity contribution is 7.92. The van der Waals surface area contributed by atoms with Gasteiger partial charge in [-0.3, -0.25) is 9.51 Å². The van der Waals surface area contributed by atoms with Crippen LogP contribution in [0.25, 0.3) is 0 Å². The normalized spacial score (nSPS) is 11.2. The van der Waals surface area contributed by atoms with Crippen molar-refractivity contribution in [1.29, 1.82) is 0 Å². The minimum absolute atomic E-state index is 0.0464. The highest BCUT2D eigenvalue weighted by Gasteiger charge is 2.21. The first kappa shape index (κ1) is 15.2. The maximum atomic E-state index is 13.3. The van der Waals surface area contributed by atoms with Gasteiger partial charge in [0.15, 0.2) is 0 Å².